The topological polar surface area (TPSA) is 26.0 Å². The summed E-state index contributed by atoms with van der Waals surface area (Å²) in [5.41, 5.74) is 6.66. The number of hydrogen-bond donors (Lipinski definition) is 1. The van der Waals surface area contributed by atoms with Crippen molar-refractivity contribution in [2.45, 2.75) is 13.0 Å². The standard InChI is InChI=1S/C14H13N/c1-11(15)9-10-13-7-4-6-12-5-2-3-8-14(12)13/h2-8,11H,15H2,1H3. The van der Waals surface area contributed by atoms with E-state index in [1.54, 1.807) is 0 Å². The van der Waals surface area contributed by atoms with Gasteiger partial charge < -0.3 is 5.73 Å². The average molecular weight is 195 g/mol. The molecule has 0 bridgehead atoms. The molecule has 1 heteroatoms. The summed E-state index contributed by atoms with van der Waals surface area (Å²) in [6.45, 7) is 1.89. The smallest absolute Gasteiger partial charge is 0.0639 e. The number of rotatable bonds is 0. The van der Waals surface area contributed by atoms with E-state index in [0.717, 1.165) is 5.56 Å². The lowest BCUT2D eigenvalue weighted by Crippen LogP contribution is -2.10. The fourth-order valence-electron chi connectivity index (χ4n) is 1.53. The molecule has 0 aromatic heterocycles. The van der Waals surface area contributed by atoms with E-state index >= 15 is 0 Å². The molecule has 1 nitrogen and oxygen atoms in total. The lowest BCUT2D eigenvalue weighted by atomic mass is 10.0. The molecule has 0 aliphatic rings. The lowest BCUT2D eigenvalue weighted by molar-refractivity contribution is 0.959. The molecule has 2 rings (SSSR count). The van der Waals surface area contributed by atoms with Gasteiger partial charge in [-0.05, 0) is 23.8 Å². The minimum Gasteiger partial charge on any atom is -0.318 e. The maximum atomic E-state index is 5.61. The van der Waals surface area contributed by atoms with Crippen molar-refractivity contribution in [1.82, 2.24) is 0 Å². The summed E-state index contributed by atoms with van der Waals surface area (Å²) in [6, 6.07) is 14.3. The molecule has 0 heterocycles. The molecule has 1 unspecified atom stereocenters. The van der Waals surface area contributed by atoms with Crippen molar-refractivity contribution < 1.29 is 0 Å². The first kappa shape index (κ1) is 9.76. The molecule has 0 amide bonds. The lowest BCUT2D eigenvalue weighted by Gasteiger charge is -1.99. The van der Waals surface area contributed by atoms with Gasteiger partial charge in [-0.25, -0.2) is 0 Å². The van der Waals surface area contributed by atoms with Crippen LogP contribution in [0.15, 0.2) is 42.5 Å². The van der Waals surface area contributed by atoms with Gasteiger partial charge in [0.15, 0.2) is 0 Å². The van der Waals surface area contributed by atoms with Gasteiger partial charge in [0.05, 0.1) is 6.04 Å². The molecule has 0 aliphatic carbocycles. The molecule has 74 valence electrons. The maximum absolute atomic E-state index is 5.61. The highest BCUT2D eigenvalue weighted by molar-refractivity contribution is 5.88. The molecule has 2 N–H and O–H groups in total. The molecule has 2 aromatic rings. The fourth-order valence-corrected chi connectivity index (χ4v) is 1.53. The highest BCUT2D eigenvalue weighted by Gasteiger charge is 1.95. The highest BCUT2D eigenvalue weighted by Crippen LogP contribution is 2.17. The van der Waals surface area contributed by atoms with Gasteiger partial charge in [0.1, 0.15) is 0 Å². The molecule has 15 heavy (non-hydrogen) atoms. The van der Waals surface area contributed by atoms with Crippen LogP contribution in [-0.4, -0.2) is 6.04 Å². The van der Waals surface area contributed by atoms with Crippen LogP contribution in [0.4, 0.5) is 0 Å². The first-order chi connectivity index (χ1) is 7.27. The van der Waals surface area contributed by atoms with Crippen molar-refractivity contribution in [3.05, 3.63) is 48.0 Å². The molecule has 0 fully saturated rings. The zero-order valence-corrected chi connectivity index (χ0v) is 8.70. The second-order valence-electron chi connectivity index (χ2n) is 3.58. The van der Waals surface area contributed by atoms with E-state index in [9.17, 15) is 0 Å². The Morgan fingerprint density at radius 3 is 2.60 bits per heavy atom. The average Bonchev–Trinajstić information content (AvgIpc) is 2.26. The van der Waals surface area contributed by atoms with Crippen molar-refractivity contribution in [1.29, 1.82) is 0 Å². The van der Waals surface area contributed by atoms with Gasteiger partial charge in [-0.3, -0.25) is 0 Å². The Morgan fingerprint density at radius 1 is 1.07 bits per heavy atom. The Morgan fingerprint density at radius 2 is 1.80 bits per heavy atom. The number of hydrogen-bond acceptors (Lipinski definition) is 1. The van der Waals surface area contributed by atoms with Gasteiger partial charge in [0.2, 0.25) is 0 Å². The van der Waals surface area contributed by atoms with Crippen LogP contribution < -0.4 is 5.73 Å². The summed E-state index contributed by atoms with van der Waals surface area (Å²) < 4.78 is 0. The van der Waals surface area contributed by atoms with Gasteiger partial charge in [-0.2, -0.15) is 0 Å². The monoisotopic (exact) mass is 195 g/mol. The van der Waals surface area contributed by atoms with E-state index in [4.69, 9.17) is 5.73 Å². The van der Waals surface area contributed by atoms with Crippen LogP contribution in [0.2, 0.25) is 0 Å². The molecule has 2 aromatic carbocycles. The quantitative estimate of drug-likeness (QED) is 0.642. The third kappa shape index (κ3) is 2.18. The van der Waals surface area contributed by atoms with Gasteiger partial charge in [0, 0.05) is 5.56 Å². The summed E-state index contributed by atoms with van der Waals surface area (Å²) in [5.74, 6) is 6.09. The predicted molar refractivity (Wildman–Crippen MR) is 64.5 cm³/mol. The summed E-state index contributed by atoms with van der Waals surface area (Å²) in [6.07, 6.45) is 0. The molecular weight excluding hydrogens is 182 g/mol. The number of fused-ring (bicyclic) bond motifs is 1. The van der Waals surface area contributed by atoms with Crippen molar-refractivity contribution >= 4 is 10.8 Å². The van der Waals surface area contributed by atoms with Crippen LogP contribution in [0.25, 0.3) is 10.8 Å². The van der Waals surface area contributed by atoms with Crippen LogP contribution in [0.1, 0.15) is 12.5 Å². The number of nitrogens with two attached hydrogens (primary N) is 1. The third-order valence-electron chi connectivity index (χ3n) is 2.22. The molecule has 0 saturated heterocycles. The summed E-state index contributed by atoms with van der Waals surface area (Å²) in [5, 5.41) is 2.40. The maximum Gasteiger partial charge on any atom is 0.0639 e. The summed E-state index contributed by atoms with van der Waals surface area (Å²) in [7, 11) is 0. The van der Waals surface area contributed by atoms with E-state index in [-0.39, 0.29) is 6.04 Å². The van der Waals surface area contributed by atoms with Crippen LogP contribution in [0, 0.1) is 11.8 Å². The van der Waals surface area contributed by atoms with E-state index in [1.807, 2.05) is 31.2 Å². The predicted octanol–water partition coefficient (Wildman–Crippen LogP) is 2.54. The second kappa shape index (κ2) is 4.16. The summed E-state index contributed by atoms with van der Waals surface area (Å²) >= 11 is 0. The second-order valence-corrected chi connectivity index (χ2v) is 3.58. The van der Waals surface area contributed by atoms with E-state index in [1.165, 1.54) is 10.8 Å². The number of benzene rings is 2. The summed E-state index contributed by atoms with van der Waals surface area (Å²) in [4.78, 5) is 0. The Bertz CT molecular complexity index is 524. The fraction of sp³-hybridized carbons (Fsp3) is 0.143. The molecule has 1 atom stereocenters. The van der Waals surface area contributed by atoms with Crippen molar-refractivity contribution in [3.63, 3.8) is 0 Å². The molecule has 0 spiro atoms. The Kier molecular flexibility index (Phi) is 2.71. The van der Waals surface area contributed by atoms with Crippen molar-refractivity contribution in [2.24, 2.45) is 5.73 Å². The first-order valence-electron chi connectivity index (χ1n) is 5.02. The van der Waals surface area contributed by atoms with Crippen molar-refractivity contribution in [3.8, 4) is 11.8 Å². The Balaban J connectivity index is 2.58. The van der Waals surface area contributed by atoms with E-state index < -0.39 is 0 Å². The van der Waals surface area contributed by atoms with Crippen LogP contribution in [0.3, 0.4) is 0 Å². The van der Waals surface area contributed by atoms with Crippen molar-refractivity contribution in [2.75, 3.05) is 0 Å². The van der Waals surface area contributed by atoms with Crippen LogP contribution in [0.5, 0.6) is 0 Å². The van der Waals surface area contributed by atoms with Gasteiger partial charge >= 0.3 is 0 Å². The minimum atomic E-state index is -0.0797. The zero-order valence-electron chi connectivity index (χ0n) is 8.70. The normalized spacial score (nSPS) is 11.9. The van der Waals surface area contributed by atoms with E-state index in [2.05, 4.69) is 30.0 Å². The van der Waals surface area contributed by atoms with Gasteiger partial charge in [-0.1, -0.05) is 48.2 Å². The molecule has 0 aliphatic heterocycles. The zero-order chi connectivity index (χ0) is 10.7. The van der Waals surface area contributed by atoms with Gasteiger partial charge in [0.25, 0.3) is 0 Å². The third-order valence-corrected chi connectivity index (χ3v) is 2.22. The SMILES string of the molecule is CC(N)C#Cc1cccc2ccccc12. The first-order valence-corrected chi connectivity index (χ1v) is 5.02. The highest BCUT2D eigenvalue weighted by atomic mass is 14.6. The van der Waals surface area contributed by atoms with Gasteiger partial charge in [-0.15, -0.1) is 0 Å². The Labute approximate surface area is 89.9 Å². The largest absolute Gasteiger partial charge is 0.318 e. The molecule has 0 saturated carbocycles. The Hall–Kier alpha value is -1.78. The van der Waals surface area contributed by atoms with E-state index in [0.29, 0.717) is 0 Å². The minimum absolute atomic E-state index is 0.0797. The van der Waals surface area contributed by atoms with Crippen LogP contribution in [-0.2, 0) is 0 Å². The molecular formula is C14H13N. The molecule has 0 radical (unpaired) electrons. The van der Waals surface area contributed by atoms with Crippen LogP contribution >= 0.6 is 0 Å².